The van der Waals surface area contributed by atoms with Gasteiger partial charge in [0.1, 0.15) is 18.0 Å². The lowest BCUT2D eigenvalue weighted by Gasteiger charge is -2.22. The van der Waals surface area contributed by atoms with E-state index in [1.807, 2.05) is 130 Å². The highest BCUT2D eigenvalue weighted by Gasteiger charge is 2.24. The van der Waals surface area contributed by atoms with E-state index in [4.69, 9.17) is 24.5 Å². The molecular weight excluding hydrogens is 917 g/mol. The number of amides is 1. The second kappa shape index (κ2) is 22.6. The summed E-state index contributed by atoms with van der Waals surface area (Å²) in [7, 11) is 6.91. The van der Waals surface area contributed by atoms with Gasteiger partial charge in [-0.3, -0.25) is 14.7 Å². The Hall–Kier alpha value is -8.99. The molecule has 9 rings (SSSR count). The van der Waals surface area contributed by atoms with Gasteiger partial charge in [0.05, 0.1) is 36.8 Å². The Labute approximate surface area is 433 Å². The third kappa shape index (κ3) is 11.4. The zero-order valence-electron chi connectivity index (χ0n) is 43.0. The minimum Gasteiger partial charge on any atom is -0.494 e. The zero-order chi connectivity index (χ0) is 51.7. The highest BCUT2D eigenvalue weighted by molar-refractivity contribution is 6.13. The molecule has 0 spiro atoms. The van der Waals surface area contributed by atoms with Crippen molar-refractivity contribution >= 4 is 85.9 Å². The fourth-order valence-electron chi connectivity index (χ4n) is 9.06. The number of ether oxygens (including phenoxy) is 2. The molecule has 74 heavy (non-hydrogen) atoms. The first kappa shape index (κ1) is 50.0. The molecule has 0 aliphatic heterocycles. The summed E-state index contributed by atoms with van der Waals surface area (Å²) in [5, 5.41) is 24.2. The average Bonchev–Trinajstić information content (AvgIpc) is 3.42. The topological polar surface area (TPSA) is 101 Å². The molecule has 1 amide bonds. The summed E-state index contributed by atoms with van der Waals surface area (Å²) < 4.78 is 11.9. The van der Waals surface area contributed by atoms with E-state index in [9.17, 15) is 4.79 Å². The van der Waals surface area contributed by atoms with Crippen LogP contribution in [0, 0.1) is 27.7 Å². The summed E-state index contributed by atoms with van der Waals surface area (Å²) in [5.74, 6) is 0.800. The highest BCUT2D eigenvalue weighted by atomic mass is 16.7. The van der Waals surface area contributed by atoms with E-state index in [0.29, 0.717) is 40.7 Å². The normalized spacial score (nSPS) is 11.7. The van der Waals surface area contributed by atoms with Gasteiger partial charge in [-0.1, -0.05) is 157 Å². The largest absolute Gasteiger partial charge is 0.494 e. The van der Waals surface area contributed by atoms with Gasteiger partial charge < -0.3 is 14.4 Å². The number of hydroxylamine groups is 1. The minimum absolute atomic E-state index is 0.198. The Morgan fingerprint density at radius 2 is 0.919 bits per heavy atom. The third-order valence-electron chi connectivity index (χ3n) is 13.0. The van der Waals surface area contributed by atoms with E-state index >= 15 is 0 Å². The molecule has 9 aromatic rings. The van der Waals surface area contributed by atoms with Gasteiger partial charge >= 0.3 is 0 Å². The number of nitrogens with zero attached hydrogens (tertiary/aromatic N) is 6. The lowest BCUT2D eigenvalue weighted by atomic mass is 10.0. The van der Waals surface area contributed by atoms with Crippen molar-refractivity contribution in [1.29, 1.82) is 0 Å². The van der Waals surface area contributed by atoms with Crippen molar-refractivity contribution in [3.8, 4) is 11.5 Å². The fourth-order valence-corrected chi connectivity index (χ4v) is 9.06. The van der Waals surface area contributed by atoms with Crippen molar-refractivity contribution in [3.63, 3.8) is 0 Å². The van der Waals surface area contributed by atoms with E-state index in [-0.39, 0.29) is 5.91 Å². The second-order valence-electron chi connectivity index (χ2n) is 18.3. The van der Waals surface area contributed by atoms with Crippen LogP contribution in [-0.2, 0) is 11.4 Å². The Morgan fingerprint density at radius 3 is 1.39 bits per heavy atom. The van der Waals surface area contributed by atoms with Crippen molar-refractivity contribution in [1.82, 2.24) is 0 Å². The standard InChI is InChI=1S/C64H58N6O4/c1-42-17-35-58(44(3)37-42)69(5)64(71)57-40-51-14-10-12-16-56(51)61(63(57)73-8)68-66-54-33-29-49(30-34-54)26-24-47-21-19-46(20-22-47)23-25-48-27-31-53(32-28-48)65-67-60-55-15-11-9-13-50(55)39-52(62(60)72-7)41-74-70(6)59-36-18-43(2)38-45(59)4/h9-40H,41H2,1-8H3. The number of aryl methyl sites for hydroxylation is 4. The van der Waals surface area contributed by atoms with Gasteiger partial charge in [0.25, 0.3) is 5.91 Å². The van der Waals surface area contributed by atoms with Crippen LogP contribution in [0.2, 0.25) is 0 Å². The molecule has 0 saturated heterocycles. The van der Waals surface area contributed by atoms with Crippen molar-refractivity contribution in [3.05, 3.63) is 225 Å². The number of benzene rings is 9. The van der Waals surface area contributed by atoms with Crippen molar-refractivity contribution in [2.45, 2.75) is 34.3 Å². The first-order chi connectivity index (χ1) is 36.0. The van der Waals surface area contributed by atoms with Gasteiger partial charge in [-0.15, -0.1) is 10.2 Å². The molecule has 0 aliphatic carbocycles. The highest BCUT2D eigenvalue weighted by Crippen LogP contribution is 2.43. The summed E-state index contributed by atoms with van der Waals surface area (Å²) in [6.07, 6.45) is 8.33. The molecule has 0 atom stereocenters. The lowest BCUT2D eigenvalue weighted by Crippen LogP contribution is -2.27. The molecule has 368 valence electrons. The van der Waals surface area contributed by atoms with Gasteiger partial charge in [-0.2, -0.15) is 10.2 Å². The van der Waals surface area contributed by atoms with Crippen LogP contribution in [0.5, 0.6) is 11.5 Å². The summed E-state index contributed by atoms with van der Waals surface area (Å²) >= 11 is 0. The van der Waals surface area contributed by atoms with Crippen LogP contribution >= 0.6 is 0 Å². The molecule has 0 N–H and O–H groups in total. The summed E-state index contributed by atoms with van der Waals surface area (Å²) in [4.78, 5) is 22.0. The molecule has 0 saturated carbocycles. The van der Waals surface area contributed by atoms with Gasteiger partial charge in [-0.25, -0.2) is 0 Å². The van der Waals surface area contributed by atoms with Crippen LogP contribution in [0.4, 0.5) is 34.1 Å². The van der Waals surface area contributed by atoms with Gasteiger partial charge in [0, 0.05) is 36.1 Å². The monoisotopic (exact) mass is 974 g/mol. The average molecular weight is 975 g/mol. The number of carbonyl (C=O) groups is 1. The number of methoxy groups -OCH3 is 2. The minimum atomic E-state index is -0.198. The predicted molar refractivity (Wildman–Crippen MR) is 304 cm³/mol. The molecule has 10 nitrogen and oxygen atoms in total. The predicted octanol–water partition coefficient (Wildman–Crippen LogP) is 17.3. The first-order valence-corrected chi connectivity index (χ1v) is 24.4. The molecule has 10 heteroatoms. The SMILES string of the molecule is COc1c(CON(C)c2ccc(C)cc2C)cc2ccccc2c1N=Nc1ccc(C=Cc2ccc(C=Cc3ccc(N=Nc4c(OC)c(C(=O)N(C)c5ccc(C)cc5C)cc5ccccc45)cc3)cc2)cc1. The van der Waals surface area contributed by atoms with Crippen molar-refractivity contribution in [2.24, 2.45) is 20.5 Å². The Morgan fingerprint density at radius 1 is 0.486 bits per heavy atom. The smallest absolute Gasteiger partial charge is 0.261 e. The number of fused-ring (bicyclic) bond motifs is 2. The van der Waals surface area contributed by atoms with E-state index in [0.717, 1.165) is 83.1 Å². The molecule has 0 radical (unpaired) electrons. The summed E-state index contributed by atoms with van der Waals surface area (Å²) in [5.41, 5.74) is 14.4. The second-order valence-corrected chi connectivity index (χ2v) is 18.3. The molecule has 0 aliphatic rings. The third-order valence-corrected chi connectivity index (χ3v) is 13.0. The van der Waals surface area contributed by atoms with Crippen LogP contribution in [0.25, 0.3) is 45.8 Å². The van der Waals surface area contributed by atoms with Gasteiger partial charge in [0.2, 0.25) is 0 Å². The molecule has 0 fully saturated rings. The van der Waals surface area contributed by atoms with Gasteiger partial charge in [-0.05, 0) is 120 Å². The van der Waals surface area contributed by atoms with Gasteiger partial charge in [0.15, 0.2) is 11.5 Å². The maximum atomic E-state index is 14.0. The van der Waals surface area contributed by atoms with E-state index in [1.54, 1.807) is 31.2 Å². The molecular formula is C64H58N6O4. The molecule has 0 bridgehead atoms. The number of anilines is 2. The Balaban J connectivity index is 0.834. The maximum Gasteiger partial charge on any atom is 0.261 e. The number of carbonyl (C=O) groups excluding carboxylic acids is 1. The summed E-state index contributed by atoms with van der Waals surface area (Å²) in [6.45, 7) is 8.50. The number of hydrogen-bond donors (Lipinski definition) is 0. The van der Waals surface area contributed by atoms with Crippen LogP contribution < -0.4 is 19.4 Å². The van der Waals surface area contributed by atoms with Crippen LogP contribution in [0.1, 0.15) is 60.4 Å². The number of rotatable bonds is 16. The molecule has 9 aromatic carbocycles. The molecule has 0 heterocycles. The Bertz CT molecular complexity index is 3620. The maximum absolute atomic E-state index is 14.0. The molecule has 0 aromatic heterocycles. The first-order valence-electron chi connectivity index (χ1n) is 24.4. The fraction of sp³-hybridized carbons (Fsp3) is 0.141. The summed E-state index contributed by atoms with van der Waals surface area (Å²) in [6, 6.07) is 56.4. The van der Waals surface area contributed by atoms with E-state index in [2.05, 4.69) is 109 Å². The van der Waals surface area contributed by atoms with Crippen molar-refractivity contribution < 1.29 is 19.1 Å². The number of azo groups is 2. The van der Waals surface area contributed by atoms with Crippen LogP contribution in [0.15, 0.2) is 190 Å². The number of hydrogen-bond acceptors (Lipinski definition) is 9. The van der Waals surface area contributed by atoms with Crippen molar-refractivity contribution in [2.75, 3.05) is 38.3 Å². The van der Waals surface area contributed by atoms with Crippen LogP contribution in [-0.4, -0.2) is 34.2 Å². The lowest BCUT2D eigenvalue weighted by molar-refractivity contribution is 0.0990. The van der Waals surface area contributed by atoms with Crippen LogP contribution in [0.3, 0.4) is 0 Å². The van der Waals surface area contributed by atoms with E-state index < -0.39 is 0 Å². The van der Waals surface area contributed by atoms with E-state index in [1.165, 1.54) is 5.56 Å². The molecule has 0 unspecified atom stereocenters. The Kier molecular flexibility index (Phi) is 15.3. The quantitative estimate of drug-likeness (QED) is 0.0545. The zero-order valence-corrected chi connectivity index (χ0v) is 43.0.